The quantitative estimate of drug-likeness (QED) is 0.0587. The summed E-state index contributed by atoms with van der Waals surface area (Å²) in [5.74, 6) is 0.652. The van der Waals surface area contributed by atoms with Gasteiger partial charge in [-0.05, 0) is 44.2 Å². The highest BCUT2D eigenvalue weighted by molar-refractivity contribution is 5.94. The van der Waals surface area contributed by atoms with Gasteiger partial charge < -0.3 is 25.2 Å². The summed E-state index contributed by atoms with van der Waals surface area (Å²) >= 11 is 0. The Labute approximate surface area is 322 Å². The van der Waals surface area contributed by atoms with E-state index in [-0.39, 0.29) is 18.1 Å². The lowest BCUT2D eigenvalue weighted by Gasteiger charge is -2.29. The van der Waals surface area contributed by atoms with E-state index in [0.29, 0.717) is 25.2 Å². The summed E-state index contributed by atoms with van der Waals surface area (Å²) in [7, 11) is 3.69. The number of amides is 1. The average molecular weight is 732 g/mol. The molecule has 1 amide bonds. The summed E-state index contributed by atoms with van der Waals surface area (Å²) in [5, 5.41) is 25.0. The molecule has 7 heteroatoms. The Bertz CT molecular complexity index is 878. The molecule has 0 fully saturated rings. The molecule has 52 heavy (non-hydrogen) atoms. The number of ether oxygens (including phenoxy) is 1. The van der Waals surface area contributed by atoms with Crippen LogP contribution in [0.5, 0.6) is 5.75 Å². The van der Waals surface area contributed by atoms with E-state index in [1.165, 1.54) is 141 Å². The number of hydrogen-bond acceptors (Lipinski definition) is 6. The fourth-order valence-electron chi connectivity index (χ4n) is 7.11. The Morgan fingerprint density at radius 1 is 0.596 bits per heavy atom. The van der Waals surface area contributed by atoms with E-state index < -0.39 is 0 Å². The molecule has 0 aliphatic heterocycles. The van der Waals surface area contributed by atoms with Gasteiger partial charge in [0.1, 0.15) is 5.75 Å². The number of aliphatic hydroxyl groups is 2. The van der Waals surface area contributed by atoms with Crippen LogP contribution in [0, 0.1) is 0 Å². The van der Waals surface area contributed by atoms with E-state index in [2.05, 4.69) is 36.0 Å². The van der Waals surface area contributed by atoms with Crippen LogP contribution < -0.4 is 10.1 Å². The van der Waals surface area contributed by atoms with Crippen molar-refractivity contribution in [3.8, 4) is 5.75 Å². The lowest BCUT2D eigenvalue weighted by molar-refractivity contribution is 0.0563. The molecule has 1 rings (SSSR count). The molecule has 0 heterocycles. The Balaban J connectivity index is 2.37. The first-order valence-electron chi connectivity index (χ1n) is 22.1. The van der Waals surface area contributed by atoms with E-state index in [9.17, 15) is 15.0 Å². The normalized spacial score (nSPS) is 12.8. The maximum absolute atomic E-state index is 12.6. The number of benzene rings is 1. The second-order valence-electron chi connectivity index (χ2n) is 15.7. The van der Waals surface area contributed by atoms with Crippen LogP contribution in [0.15, 0.2) is 24.3 Å². The highest BCUT2D eigenvalue weighted by Crippen LogP contribution is 2.16. The predicted molar refractivity (Wildman–Crippen MR) is 223 cm³/mol. The zero-order valence-electron chi connectivity index (χ0n) is 34.7. The van der Waals surface area contributed by atoms with Crippen molar-refractivity contribution >= 4 is 5.91 Å². The first kappa shape index (κ1) is 48.3. The number of carbonyl (C=O) groups excluding carboxylic acids is 1. The van der Waals surface area contributed by atoms with Gasteiger partial charge in [0.25, 0.3) is 5.91 Å². The van der Waals surface area contributed by atoms with Crippen molar-refractivity contribution in [2.75, 3.05) is 53.4 Å². The molecule has 0 saturated heterocycles. The van der Waals surface area contributed by atoms with E-state index in [4.69, 9.17) is 4.74 Å². The Kier molecular flexibility index (Phi) is 32.6. The van der Waals surface area contributed by atoms with Gasteiger partial charge in [-0.2, -0.15) is 0 Å². The summed E-state index contributed by atoms with van der Waals surface area (Å²) in [6.07, 6.45) is 32.6. The van der Waals surface area contributed by atoms with Crippen molar-refractivity contribution in [1.29, 1.82) is 0 Å². The Morgan fingerprint density at radius 3 is 1.37 bits per heavy atom. The first-order valence-corrected chi connectivity index (χ1v) is 22.1. The predicted octanol–water partition coefficient (Wildman–Crippen LogP) is 10.6. The SMILES string of the molecule is CCCCCCCCCCCCCCC(O)CN(CCN(C)CCNC(=O)c1ccc(OC)cc1)CC(O)CCCCCCCCCCCCCC. The molecule has 0 aliphatic carbocycles. The minimum atomic E-state index is -0.365. The van der Waals surface area contributed by atoms with Gasteiger partial charge in [0, 0.05) is 44.8 Å². The average Bonchev–Trinajstić information content (AvgIpc) is 3.14. The lowest BCUT2D eigenvalue weighted by Crippen LogP contribution is -2.43. The van der Waals surface area contributed by atoms with Gasteiger partial charge in [0.15, 0.2) is 0 Å². The van der Waals surface area contributed by atoms with Crippen LogP contribution in [0.1, 0.15) is 191 Å². The van der Waals surface area contributed by atoms with E-state index in [1.807, 2.05) is 0 Å². The van der Waals surface area contributed by atoms with Gasteiger partial charge in [-0.25, -0.2) is 0 Å². The minimum absolute atomic E-state index is 0.0838. The van der Waals surface area contributed by atoms with Crippen molar-refractivity contribution in [1.82, 2.24) is 15.1 Å². The van der Waals surface area contributed by atoms with Crippen LogP contribution in [-0.2, 0) is 0 Å². The third-order valence-corrected chi connectivity index (χ3v) is 10.6. The fourth-order valence-corrected chi connectivity index (χ4v) is 7.11. The highest BCUT2D eigenvalue weighted by Gasteiger charge is 2.17. The van der Waals surface area contributed by atoms with Crippen molar-refractivity contribution in [3.05, 3.63) is 29.8 Å². The van der Waals surface area contributed by atoms with Crippen LogP contribution >= 0.6 is 0 Å². The van der Waals surface area contributed by atoms with Crippen LogP contribution in [0.25, 0.3) is 0 Å². The number of hydrogen-bond donors (Lipinski definition) is 3. The number of likely N-dealkylation sites (N-methyl/N-ethyl adjacent to an activating group) is 1. The van der Waals surface area contributed by atoms with Crippen LogP contribution in [0.2, 0.25) is 0 Å². The molecule has 2 atom stereocenters. The monoisotopic (exact) mass is 732 g/mol. The number of nitrogens with zero attached hydrogens (tertiary/aromatic N) is 2. The molecule has 0 aliphatic rings. The minimum Gasteiger partial charge on any atom is -0.497 e. The standard InChI is InChI=1S/C45H85N3O4/c1-5-7-9-11-13-15-17-19-21-23-25-27-29-42(49)39-48(40-43(50)30-28-26-24-22-20-18-16-14-12-10-8-6-2)38-37-47(3)36-35-46-45(51)41-31-33-44(52-4)34-32-41/h31-34,42-43,49-50H,5-30,35-40H2,1-4H3,(H,46,51). The number of unbranched alkanes of at least 4 members (excludes halogenated alkanes) is 22. The van der Waals surface area contributed by atoms with E-state index >= 15 is 0 Å². The molecule has 0 spiro atoms. The summed E-state index contributed by atoms with van der Waals surface area (Å²) in [6.45, 7) is 8.66. The Hall–Kier alpha value is -1.67. The molecular weight excluding hydrogens is 647 g/mol. The number of methoxy groups -OCH3 is 1. The maximum atomic E-state index is 12.6. The third kappa shape index (κ3) is 28.8. The van der Waals surface area contributed by atoms with Gasteiger partial charge in [-0.15, -0.1) is 0 Å². The number of carbonyl (C=O) groups is 1. The topological polar surface area (TPSA) is 85.3 Å². The molecule has 1 aromatic rings. The summed E-state index contributed by atoms with van der Waals surface area (Å²) in [6, 6.07) is 7.16. The van der Waals surface area contributed by atoms with E-state index in [1.54, 1.807) is 31.4 Å². The van der Waals surface area contributed by atoms with Crippen LogP contribution in [0.3, 0.4) is 0 Å². The molecule has 2 unspecified atom stereocenters. The lowest BCUT2D eigenvalue weighted by atomic mass is 10.0. The van der Waals surface area contributed by atoms with Crippen molar-refractivity contribution in [3.63, 3.8) is 0 Å². The molecule has 7 nitrogen and oxygen atoms in total. The molecule has 0 saturated carbocycles. The molecule has 0 radical (unpaired) electrons. The zero-order chi connectivity index (χ0) is 37.9. The van der Waals surface area contributed by atoms with Crippen LogP contribution in [-0.4, -0.2) is 91.6 Å². The van der Waals surface area contributed by atoms with Gasteiger partial charge in [0.2, 0.25) is 0 Å². The first-order chi connectivity index (χ1) is 25.4. The fraction of sp³-hybridized carbons (Fsp3) is 0.844. The largest absolute Gasteiger partial charge is 0.497 e. The molecule has 0 bridgehead atoms. The highest BCUT2D eigenvalue weighted by atomic mass is 16.5. The summed E-state index contributed by atoms with van der Waals surface area (Å²) in [4.78, 5) is 17.0. The van der Waals surface area contributed by atoms with Crippen molar-refractivity contribution < 1.29 is 19.7 Å². The molecule has 304 valence electrons. The molecule has 0 aromatic heterocycles. The van der Waals surface area contributed by atoms with Crippen molar-refractivity contribution in [2.45, 2.75) is 193 Å². The van der Waals surface area contributed by atoms with Gasteiger partial charge in [-0.1, -0.05) is 168 Å². The third-order valence-electron chi connectivity index (χ3n) is 10.6. The zero-order valence-corrected chi connectivity index (χ0v) is 34.7. The Morgan fingerprint density at radius 2 is 0.981 bits per heavy atom. The number of aliphatic hydroxyl groups excluding tert-OH is 2. The molecular formula is C45H85N3O4. The molecule has 3 N–H and O–H groups in total. The maximum Gasteiger partial charge on any atom is 0.251 e. The summed E-state index contributed by atoms with van der Waals surface area (Å²) in [5.41, 5.74) is 0.624. The van der Waals surface area contributed by atoms with Gasteiger partial charge >= 0.3 is 0 Å². The molecule has 1 aromatic carbocycles. The second-order valence-corrected chi connectivity index (χ2v) is 15.7. The second kappa shape index (κ2) is 35.1. The van der Waals surface area contributed by atoms with Gasteiger partial charge in [-0.3, -0.25) is 9.69 Å². The number of rotatable bonds is 38. The van der Waals surface area contributed by atoms with Crippen LogP contribution in [0.4, 0.5) is 0 Å². The van der Waals surface area contributed by atoms with Gasteiger partial charge in [0.05, 0.1) is 19.3 Å². The smallest absolute Gasteiger partial charge is 0.251 e. The summed E-state index contributed by atoms with van der Waals surface area (Å²) < 4.78 is 5.19. The van der Waals surface area contributed by atoms with Crippen molar-refractivity contribution in [2.24, 2.45) is 0 Å². The van der Waals surface area contributed by atoms with E-state index in [0.717, 1.165) is 51.1 Å². The number of nitrogens with one attached hydrogen (secondary N) is 1.